The van der Waals surface area contributed by atoms with Gasteiger partial charge in [0.1, 0.15) is 0 Å². The van der Waals surface area contributed by atoms with Crippen molar-refractivity contribution in [3.05, 3.63) is 24.0 Å². The summed E-state index contributed by atoms with van der Waals surface area (Å²) >= 11 is 0. The van der Waals surface area contributed by atoms with Crippen LogP contribution in [0.3, 0.4) is 0 Å². The molecule has 0 aliphatic rings. The fourth-order valence-corrected chi connectivity index (χ4v) is 0.347. The molecule has 0 N–H and O–H groups in total. The van der Waals surface area contributed by atoms with Gasteiger partial charge in [0, 0.05) is 0 Å². The summed E-state index contributed by atoms with van der Waals surface area (Å²) in [6.07, 6.45) is 1.50. The second-order valence-electron chi connectivity index (χ2n) is 1.60. The van der Waals surface area contributed by atoms with E-state index in [4.69, 9.17) is 0 Å². The Balaban J connectivity index is 0. The fourth-order valence-electron chi connectivity index (χ4n) is 0.347. The third-order valence-electron chi connectivity index (χ3n) is 0.450. The van der Waals surface area contributed by atoms with Gasteiger partial charge < -0.3 is 5.11 Å². The van der Waals surface area contributed by atoms with Gasteiger partial charge in [-0.05, 0) is 6.92 Å². The summed E-state index contributed by atoms with van der Waals surface area (Å²) in [4.78, 5) is 0. The van der Waals surface area contributed by atoms with Crippen molar-refractivity contribution in [3.63, 3.8) is 0 Å². The van der Waals surface area contributed by atoms with Gasteiger partial charge in [0.2, 0.25) is 0 Å². The van der Waals surface area contributed by atoms with E-state index in [1.165, 1.54) is 13.0 Å². The van der Waals surface area contributed by atoms with E-state index in [1.54, 1.807) is 6.92 Å². The summed E-state index contributed by atoms with van der Waals surface area (Å²) in [5, 5.41) is 10.1. The van der Waals surface area contributed by atoms with Gasteiger partial charge in [-0.1, -0.05) is 25.2 Å². The summed E-state index contributed by atoms with van der Waals surface area (Å²) in [6, 6.07) is 0. The van der Waals surface area contributed by atoms with Crippen molar-refractivity contribution in [1.29, 1.82) is 0 Å². The van der Waals surface area contributed by atoms with Crippen molar-refractivity contribution >= 4 is 0 Å². The Morgan fingerprint density at radius 1 is 1.50 bits per heavy atom. The minimum Gasteiger partial charge on any atom is -0.876 e. The SMILES string of the molecule is C=C(C)/C=C(/C)[O-].[Li+]. The predicted octanol–water partition coefficient (Wildman–Crippen LogP) is -2.17. The van der Waals surface area contributed by atoms with Crippen molar-refractivity contribution in [2.24, 2.45) is 0 Å². The molecule has 0 saturated heterocycles. The molecule has 0 aromatic carbocycles. The molecule has 40 valence electrons. The van der Waals surface area contributed by atoms with E-state index < -0.39 is 0 Å². The molecule has 0 saturated carbocycles. The fraction of sp³-hybridized carbons (Fsp3) is 0.333. The van der Waals surface area contributed by atoms with Crippen LogP contribution in [0.4, 0.5) is 0 Å². The van der Waals surface area contributed by atoms with Gasteiger partial charge in [0.15, 0.2) is 0 Å². The van der Waals surface area contributed by atoms with Crippen molar-refractivity contribution < 1.29 is 24.0 Å². The van der Waals surface area contributed by atoms with Gasteiger partial charge in [-0.25, -0.2) is 0 Å². The van der Waals surface area contributed by atoms with Crippen LogP contribution in [-0.2, 0) is 0 Å². The zero-order valence-corrected chi connectivity index (χ0v) is 5.69. The molecule has 0 bridgehead atoms. The van der Waals surface area contributed by atoms with Crippen molar-refractivity contribution in [2.75, 3.05) is 0 Å². The van der Waals surface area contributed by atoms with E-state index in [9.17, 15) is 5.11 Å². The van der Waals surface area contributed by atoms with Gasteiger partial charge >= 0.3 is 18.9 Å². The maximum absolute atomic E-state index is 10.1. The first-order valence-corrected chi connectivity index (χ1v) is 2.14. The quantitative estimate of drug-likeness (QED) is 0.211. The van der Waals surface area contributed by atoms with Gasteiger partial charge in [-0.15, -0.1) is 5.76 Å². The van der Waals surface area contributed by atoms with Crippen LogP contribution in [0.2, 0.25) is 0 Å². The Labute approximate surface area is 62.3 Å². The van der Waals surface area contributed by atoms with Gasteiger partial charge in [0.25, 0.3) is 0 Å². The normalized spacial score (nSPS) is 10.0. The first-order valence-electron chi connectivity index (χ1n) is 2.14. The van der Waals surface area contributed by atoms with Crippen LogP contribution >= 0.6 is 0 Å². The molecule has 0 fully saturated rings. The Kier molecular flexibility index (Phi) is 6.77. The van der Waals surface area contributed by atoms with Gasteiger partial charge in [-0.3, -0.25) is 0 Å². The summed E-state index contributed by atoms with van der Waals surface area (Å²) in [7, 11) is 0. The van der Waals surface area contributed by atoms with Crippen molar-refractivity contribution in [1.82, 2.24) is 0 Å². The van der Waals surface area contributed by atoms with E-state index in [2.05, 4.69) is 6.58 Å². The Hall–Kier alpha value is -0.123. The molecular formula is C6H9LiO. The molecule has 0 amide bonds. The Morgan fingerprint density at radius 2 is 1.88 bits per heavy atom. The predicted molar refractivity (Wildman–Crippen MR) is 28.6 cm³/mol. The molecule has 0 aliphatic heterocycles. The number of hydrogen-bond acceptors (Lipinski definition) is 1. The molecule has 2 heteroatoms. The summed E-state index contributed by atoms with van der Waals surface area (Å²) in [5.74, 6) is 0.0625. The zero-order valence-electron chi connectivity index (χ0n) is 5.69. The van der Waals surface area contributed by atoms with E-state index in [0.717, 1.165) is 5.57 Å². The maximum atomic E-state index is 10.1. The van der Waals surface area contributed by atoms with Crippen molar-refractivity contribution in [2.45, 2.75) is 13.8 Å². The molecule has 8 heavy (non-hydrogen) atoms. The molecule has 0 aromatic heterocycles. The maximum Gasteiger partial charge on any atom is 1.00 e. The largest absolute Gasteiger partial charge is 1.00 e. The molecule has 0 unspecified atom stereocenters. The minimum atomic E-state index is 0. The average molecular weight is 104 g/mol. The van der Waals surface area contributed by atoms with Crippen LogP contribution in [0.15, 0.2) is 24.0 Å². The number of allylic oxidation sites excluding steroid dienone is 3. The minimum absolute atomic E-state index is 0. The zero-order chi connectivity index (χ0) is 5.86. The molecule has 0 heterocycles. The van der Waals surface area contributed by atoms with Crippen LogP contribution in [-0.4, -0.2) is 0 Å². The number of rotatable bonds is 1. The molecule has 0 aliphatic carbocycles. The van der Waals surface area contributed by atoms with Gasteiger partial charge in [-0.2, -0.15) is 0 Å². The number of hydrogen-bond donors (Lipinski definition) is 0. The molecule has 0 atom stereocenters. The standard InChI is InChI=1S/C6H10O.Li/c1-5(2)4-6(3)7;/h4,7H,1H2,2-3H3;/q;+1/p-1/b6-4-;. The monoisotopic (exact) mass is 104 g/mol. The third-order valence-corrected chi connectivity index (χ3v) is 0.450. The first-order chi connectivity index (χ1) is 3.13. The molecule has 0 rings (SSSR count). The van der Waals surface area contributed by atoms with E-state index >= 15 is 0 Å². The Bertz CT molecular complexity index is 101. The molecule has 0 aromatic rings. The topological polar surface area (TPSA) is 23.1 Å². The summed E-state index contributed by atoms with van der Waals surface area (Å²) < 4.78 is 0. The second-order valence-corrected chi connectivity index (χ2v) is 1.60. The second kappa shape index (κ2) is 5.02. The summed E-state index contributed by atoms with van der Waals surface area (Å²) in [6.45, 7) is 6.82. The third kappa shape index (κ3) is 9.30. The Morgan fingerprint density at radius 3 is 1.88 bits per heavy atom. The van der Waals surface area contributed by atoms with E-state index in [1.807, 2.05) is 0 Å². The van der Waals surface area contributed by atoms with Crippen LogP contribution in [0, 0.1) is 0 Å². The average Bonchev–Trinajstić information content (AvgIpc) is 1.27. The smallest absolute Gasteiger partial charge is 0.876 e. The molecule has 0 spiro atoms. The van der Waals surface area contributed by atoms with E-state index in [-0.39, 0.29) is 24.6 Å². The van der Waals surface area contributed by atoms with Gasteiger partial charge in [0.05, 0.1) is 0 Å². The van der Waals surface area contributed by atoms with Crippen molar-refractivity contribution in [3.8, 4) is 0 Å². The van der Waals surface area contributed by atoms with Crippen LogP contribution in [0.25, 0.3) is 0 Å². The summed E-state index contributed by atoms with van der Waals surface area (Å²) in [5.41, 5.74) is 0.813. The van der Waals surface area contributed by atoms with Crippen LogP contribution < -0.4 is 24.0 Å². The first kappa shape index (κ1) is 10.8. The molecule has 0 radical (unpaired) electrons. The molecule has 1 nitrogen and oxygen atoms in total. The molecular weight excluding hydrogens is 95.0 g/mol. The van der Waals surface area contributed by atoms with Crippen LogP contribution in [0.1, 0.15) is 13.8 Å². The van der Waals surface area contributed by atoms with E-state index in [0.29, 0.717) is 0 Å². The van der Waals surface area contributed by atoms with Crippen LogP contribution in [0.5, 0.6) is 0 Å².